The summed E-state index contributed by atoms with van der Waals surface area (Å²) in [6.45, 7) is 0. The van der Waals surface area contributed by atoms with E-state index in [0.29, 0.717) is 10.7 Å². The van der Waals surface area contributed by atoms with Crippen LogP contribution in [0.1, 0.15) is 41.7 Å². The summed E-state index contributed by atoms with van der Waals surface area (Å²) in [4.78, 5) is 13.1. The Morgan fingerprint density at radius 2 is 1.90 bits per heavy atom. The van der Waals surface area contributed by atoms with Crippen LogP contribution < -0.4 is 0 Å². The molecule has 1 aromatic carbocycles. The van der Waals surface area contributed by atoms with Crippen molar-refractivity contribution in [1.82, 2.24) is 9.78 Å². The second-order valence-electron chi connectivity index (χ2n) is 5.45. The molecule has 0 unspecified atom stereocenters. The molecule has 4 heteroatoms. The summed E-state index contributed by atoms with van der Waals surface area (Å²) in [5.41, 5.74) is 1.19. The number of hydrogen-bond acceptors (Lipinski definition) is 2. The molecular formula is C16H17ClN2O. The lowest BCUT2D eigenvalue weighted by atomic mass is 9.74. The molecule has 0 spiro atoms. The van der Waals surface area contributed by atoms with Crippen LogP contribution in [0.3, 0.4) is 0 Å². The molecule has 104 valence electrons. The van der Waals surface area contributed by atoms with Gasteiger partial charge in [0, 0.05) is 7.05 Å². The van der Waals surface area contributed by atoms with E-state index in [1.54, 1.807) is 17.9 Å². The summed E-state index contributed by atoms with van der Waals surface area (Å²) < 4.78 is 1.59. The lowest BCUT2D eigenvalue weighted by Gasteiger charge is -2.28. The molecule has 3 rings (SSSR count). The molecule has 0 aliphatic heterocycles. The SMILES string of the molecule is Cn1ncc(Cl)c1C(=O)C1(c2ccccc2)CCCC1. The molecule has 2 aromatic rings. The van der Waals surface area contributed by atoms with Crippen molar-refractivity contribution in [2.45, 2.75) is 31.1 Å². The molecule has 1 aliphatic carbocycles. The van der Waals surface area contributed by atoms with Crippen LogP contribution in [0, 0.1) is 0 Å². The number of carbonyl (C=O) groups is 1. The zero-order valence-electron chi connectivity index (χ0n) is 11.5. The van der Waals surface area contributed by atoms with E-state index in [0.717, 1.165) is 31.2 Å². The van der Waals surface area contributed by atoms with Crippen molar-refractivity contribution in [2.75, 3.05) is 0 Å². The molecule has 0 amide bonds. The Balaban J connectivity index is 2.11. The van der Waals surface area contributed by atoms with Gasteiger partial charge >= 0.3 is 0 Å². The van der Waals surface area contributed by atoms with Crippen LogP contribution in [0.5, 0.6) is 0 Å². The highest BCUT2D eigenvalue weighted by Gasteiger charge is 2.44. The first-order valence-corrected chi connectivity index (χ1v) is 7.31. The lowest BCUT2D eigenvalue weighted by Crippen LogP contribution is -2.34. The minimum Gasteiger partial charge on any atom is -0.291 e. The van der Waals surface area contributed by atoms with Crippen molar-refractivity contribution >= 4 is 17.4 Å². The predicted octanol–water partition coefficient (Wildman–Crippen LogP) is 3.77. The maximum atomic E-state index is 13.1. The summed E-state index contributed by atoms with van der Waals surface area (Å²) in [7, 11) is 1.77. The van der Waals surface area contributed by atoms with Crippen molar-refractivity contribution in [3.63, 3.8) is 0 Å². The van der Waals surface area contributed by atoms with Gasteiger partial charge in [-0.15, -0.1) is 0 Å². The van der Waals surface area contributed by atoms with Gasteiger partial charge in [0.15, 0.2) is 5.78 Å². The fraction of sp³-hybridized carbons (Fsp3) is 0.375. The number of halogens is 1. The van der Waals surface area contributed by atoms with E-state index >= 15 is 0 Å². The maximum absolute atomic E-state index is 13.1. The van der Waals surface area contributed by atoms with Gasteiger partial charge in [0.2, 0.25) is 0 Å². The highest BCUT2D eigenvalue weighted by molar-refractivity contribution is 6.34. The van der Waals surface area contributed by atoms with Gasteiger partial charge in [-0.25, -0.2) is 0 Å². The Morgan fingerprint density at radius 3 is 2.45 bits per heavy atom. The number of benzene rings is 1. The normalized spacial score (nSPS) is 17.3. The number of ketones is 1. The second kappa shape index (κ2) is 5.06. The van der Waals surface area contributed by atoms with Gasteiger partial charge in [-0.2, -0.15) is 5.10 Å². The van der Waals surface area contributed by atoms with E-state index in [9.17, 15) is 4.79 Å². The number of aryl methyl sites for hydroxylation is 1. The van der Waals surface area contributed by atoms with E-state index in [1.165, 1.54) is 0 Å². The first-order chi connectivity index (χ1) is 9.65. The third-order valence-corrected chi connectivity index (χ3v) is 4.60. The smallest absolute Gasteiger partial charge is 0.192 e. The third kappa shape index (κ3) is 1.97. The summed E-state index contributed by atoms with van der Waals surface area (Å²) in [6.07, 6.45) is 5.48. The van der Waals surface area contributed by atoms with Gasteiger partial charge in [0.1, 0.15) is 5.69 Å². The van der Waals surface area contributed by atoms with Gasteiger partial charge in [-0.3, -0.25) is 9.48 Å². The van der Waals surface area contributed by atoms with Crippen molar-refractivity contribution in [3.8, 4) is 0 Å². The van der Waals surface area contributed by atoms with Crippen molar-refractivity contribution in [2.24, 2.45) is 7.05 Å². The van der Waals surface area contributed by atoms with Gasteiger partial charge in [0.05, 0.1) is 16.6 Å². The fourth-order valence-electron chi connectivity index (χ4n) is 3.28. The molecule has 0 radical (unpaired) electrons. The average Bonchev–Trinajstić information content (AvgIpc) is 3.08. The molecule has 0 bridgehead atoms. The Labute approximate surface area is 123 Å². The van der Waals surface area contributed by atoms with Crippen LogP contribution in [0.25, 0.3) is 0 Å². The van der Waals surface area contributed by atoms with E-state index in [1.807, 2.05) is 30.3 Å². The quantitative estimate of drug-likeness (QED) is 0.806. The lowest BCUT2D eigenvalue weighted by molar-refractivity contribution is 0.0876. The third-order valence-electron chi connectivity index (χ3n) is 4.33. The average molecular weight is 289 g/mol. The van der Waals surface area contributed by atoms with Crippen molar-refractivity contribution in [1.29, 1.82) is 0 Å². The summed E-state index contributed by atoms with van der Waals surface area (Å²) in [5.74, 6) is 0.103. The standard InChI is InChI=1S/C16H17ClN2O/c1-19-14(13(17)11-18-19)15(20)16(9-5-6-10-16)12-7-3-2-4-8-12/h2-4,7-8,11H,5-6,9-10H2,1H3. The number of nitrogens with zero attached hydrogens (tertiary/aromatic N) is 2. The summed E-state index contributed by atoms with van der Waals surface area (Å²) in [6, 6.07) is 10.1. The van der Waals surface area contributed by atoms with Crippen LogP contribution in [-0.2, 0) is 12.5 Å². The van der Waals surface area contributed by atoms with Crippen LogP contribution in [0.2, 0.25) is 5.02 Å². The summed E-state index contributed by atoms with van der Waals surface area (Å²) >= 11 is 6.16. The molecular weight excluding hydrogens is 272 g/mol. The second-order valence-corrected chi connectivity index (χ2v) is 5.86. The largest absolute Gasteiger partial charge is 0.291 e. The topological polar surface area (TPSA) is 34.9 Å². The van der Waals surface area contributed by atoms with Crippen LogP contribution in [0.15, 0.2) is 36.5 Å². The first kappa shape index (κ1) is 13.4. The van der Waals surface area contributed by atoms with Gasteiger partial charge in [-0.05, 0) is 18.4 Å². The van der Waals surface area contributed by atoms with E-state index < -0.39 is 5.41 Å². The summed E-state index contributed by atoms with van der Waals surface area (Å²) in [5, 5.41) is 4.54. The maximum Gasteiger partial charge on any atom is 0.192 e. The first-order valence-electron chi connectivity index (χ1n) is 6.93. The number of aromatic nitrogens is 2. The number of carbonyl (C=O) groups excluding carboxylic acids is 1. The molecule has 0 N–H and O–H groups in total. The molecule has 1 saturated carbocycles. The molecule has 20 heavy (non-hydrogen) atoms. The van der Waals surface area contributed by atoms with E-state index in [4.69, 9.17) is 11.6 Å². The highest BCUT2D eigenvalue weighted by atomic mass is 35.5. The Bertz CT molecular complexity index is 608. The molecule has 0 atom stereocenters. The predicted molar refractivity (Wildman–Crippen MR) is 79.1 cm³/mol. The molecule has 0 saturated heterocycles. The van der Waals surface area contributed by atoms with Crippen LogP contribution in [0.4, 0.5) is 0 Å². The zero-order valence-corrected chi connectivity index (χ0v) is 12.2. The van der Waals surface area contributed by atoms with Crippen molar-refractivity contribution < 1.29 is 4.79 Å². The van der Waals surface area contributed by atoms with E-state index in [-0.39, 0.29) is 5.78 Å². The highest BCUT2D eigenvalue weighted by Crippen LogP contribution is 2.44. The number of hydrogen-bond donors (Lipinski definition) is 0. The molecule has 1 aliphatic rings. The number of rotatable bonds is 3. The van der Waals surface area contributed by atoms with Gasteiger partial charge in [-0.1, -0.05) is 54.8 Å². The van der Waals surface area contributed by atoms with Crippen LogP contribution >= 0.6 is 11.6 Å². The Hall–Kier alpha value is -1.61. The minimum atomic E-state index is -0.432. The van der Waals surface area contributed by atoms with Gasteiger partial charge in [0.25, 0.3) is 0 Å². The van der Waals surface area contributed by atoms with E-state index in [2.05, 4.69) is 5.10 Å². The molecule has 1 aromatic heterocycles. The zero-order chi connectivity index (χ0) is 14.2. The Kier molecular flexibility index (Phi) is 3.38. The monoisotopic (exact) mass is 288 g/mol. The molecule has 3 nitrogen and oxygen atoms in total. The molecule has 1 heterocycles. The number of Topliss-reactive ketones (excluding diaryl/α,β-unsaturated/α-hetero) is 1. The van der Waals surface area contributed by atoms with Crippen LogP contribution in [-0.4, -0.2) is 15.6 Å². The van der Waals surface area contributed by atoms with Crippen molar-refractivity contribution in [3.05, 3.63) is 52.8 Å². The Morgan fingerprint density at radius 1 is 1.25 bits per heavy atom. The minimum absolute atomic E-state index is 0.103. The fourth-order valence-corrected chi connectivity index (χ4v) is 3.53. The molecule has 1 fully saturated rings. The van der Waals surface area contributed by atoms with Gasteiger partial charge < -0.3 is 0 Å².